The van der Waals surface area contributed by atoms with Crippen LogP contribution in [0.5, 0.6) is 0 Å². The van der Waals surface area contributed by atoms with Gasteiger partial charge in [-0.05, 0) is 6.42 Å². The second kappa shape index (κ2) is 4.43. The van der Waals surface area contributed by atoms with Gasteiger partial charge >= 0.3 is 0 Å². The van der Waals surface area contributed by atoms with E-state index in [1.165, 1.54) is 0 Å². The van der Waals surface area contributed by atoms with E-state index in [1.54, 1.807) is 7.11 Å². The van der Waals surface area contributed by atoms with Crippen molar-refractivity contribution >= 4 is 0 Å². The molecule has 2 unspecified atom stereocenters. The smallest absolute Gasteiger partial charge is 0.0370 e. The molecule has 1 heterocycles. The molecule has 0 bridgehead atoms. The van der Waals surface area contributed by atoms with E-state index < -0.39 is 0 Å². The Hall–Kier alpha value is 0.608. The zero-order chi connectivity index (χ0) is 5.98. The van der Waals surface area contributed by atoms with Crippen molar-refractivity contribution in [2.75, 3.05) is 13.7 Å². The summed E-state index contributed by atoms with van der Waals surface area (Å²) in [6.45, 7) is 3.02. The number of hydrogen-bond donors (Lipinski definition) is 0. The largest absolute Gasteiger partial charge is 0.658 e. The third-order valence-corrected chi connectivity index (χ3v) is 1.56. The molecule has 0 saturated carbocycles. The summed E-state index contributed by atoms with van der Waals surface area (Å²) in [7, 11) is 1.75. The Kier molecular flexibility index (Phi) is 4.73. The van der Waals surface area contributed by atoms with E-state index in [1.807, 2.05) is 0 Å². The van der Waals surface area contributed by atoms with Gasteiger partial charge in [0.15, 0.2) is 0 Å². The molecule has 0 spiro atoms. The van der Waals surface area contributed by atoms with Crippen LogP contribution in [0.4, 0.5) is 0 Å². The van der Waals surface area contributed by atoms with Crippen LogP contribution < -0.4 is 0 Å². The van der Waals surface area contributed by atoms with Gasteiger partial charge in [0.05, 0.1) is 0 Å². The van der Waals surface area contributed by atoms with E-state index in [0.29, 0.717) is 12.1 Å². The molecule has 1 rings (SSSR count). The summed E-state index contributed by atoms with van der Waals surface area (Å²) in [6.07, 6.45) is 1.52. The first kappa shape index (κ1) is 9.61. The summed E-state index contributed by atoms with van der Waals surface area (Å²) >= 11 is 0. The van der Waals surface area contributed by atoms with Crippen molar-refractivity contribution < 1.29 is 25.8 Å². The number of nitrogens with zero attached hydrogens (tertiary/aromatic N) is 1. The minimum Gasteiger partial charge on any atom is -0.658 e. The van der Waals surface area contributed by atoms with E-state index >= 15 is 0 Å². The molecule has 0 radical (unpaired) electrons. The van der Waals surface area contributed by atoms with Crippen LogP contribution in [0, 0.1) is 0 Å². The average Bonchev–Trinajstić information content (AvgIpc) is 2.14. The van der Waals surface area contributed by atoms with Crippen LogP contribution in [-0.2, 0) is 25.8 Å². The summed E-state index contributed by atoms with van der Waals surface area (Å²) < 4.78 is 5.09. The Morgan fingerprint density at radius 2 is 2.22 bits per heavy atom. The van der Waals surface area contributed by atoms with E-state index in [2.05, 4.69) is 12.2 Å². The SMILES string of the molecule is COC1C[N-]C(C)C1.[W]. The summed E-state index contributed by atoms with van der Waals surface area (Å²) in [5, 5.41) is 4.26. The second-order valence-electron chi connectivity index (χ2n) is 2.31. The van der Waals surface area contributed by atoms with Crippen molar-refractivity contribution in [2.24, 2.45) is 0 Å². The van der Waals surface area contributed by atoms with Crippen LogP contribution in [0.2, 0.25) is 0 Å². The van der Waals surface area contributed by atoms with Gasteiger partial charge in [0, 0.05) is 34.3 Å². The van der Waals surface area contributed by atoms with E-state index in [0.717, 1.165) is 13.0 Å². The van der Waals surface area contributed by atoms with Crippen molar-refractivity contribution in [1.82, 2.24) is 0 Å². The number of ether oxygens (including phenoxy) is 1. The van der Waals surface area contributed by atoms with Gasteiger partial charge in [0.2, 0.25) is 0 Å². The van der Waals surface area contributed by atoms with Crippen LogP contribution >= 0.6 is 0 Å². The molecular weight excluding hydrogens is 286 g/mol. The van der Waals surface area contributed by atoms with Gasteiger partial charge in [-0.15, -0.1) is 12.6 Å². The maximum Gasteiger partial charge on any atom is 0.0370 e. The van der Waals surface area contributed by atoms with Gasteiger partial charge < -0.3 is 10.1 Å². The zero-order valence-electron chi connectivity index (χ0n) is 5.83. The molecule has 0 amide bonds. The van der Waals surface area contributed by atoms with Gasteiger partial charge in [0.1, 0.15) is 0 Å². The normalized spacial score (nSPS) is 34.0. The quantitative estimate of drug-likeness (QED) is 0.712. The first-order valence-electron chi connectivity index (χ1n) is 3.02. The maximum atomic E-state index is 5.09. The number of methoxy groups -OCH3 is 1. The molecule has 2 nitrogen and oxygen atoms in total. The van der Waals surface area contributed by atoms with Crippen LogP contribution in [0.3, 0.4) is 0 Å². The fourth-order valence-corrected chi connectivity index (χ4v) is 0.998. The van der Waals surface area contributed by atoms with Crippen molar-refractivity contribution in [3.63, 3.8) is 0 Å². The third kappa shape index (κ3) is 2.79. The monoisotopic (exact) mass is 298 g/mol. The van der Waals surface area contributed by atoms with E-state index in [4.69, 9.17) is 4.74 Å². The van der Waals surface area contributed by atoms with Gasteiger partial charge in [-0.3, -0.25) is 0 Å². The van der Waals surface area contributed by atoms with Crippen LogP contribution in [0.1, 0.15) is 13.3 Å². The second-order valence-corrected chi connectivity index (χ2v) is 2.31. The number of rotatable bonds is 1. The van der Waals surface area contributed by atoms with Crippen molar-refractivity contribution in [2.45, 2.75) is 25.5 Å². The molecule has 54 valence electrons. The molecule has 0 aromatic rings. The number of hydrogen-bond acceptors (Lipinski definition) is 1. The Bertz CT molecular complexity index is 79.5. The third-order valence-electron chi connectivity index (χ3n) is 1.56. The van der Waals surface area contributed by atoms with Crippen molar-refractivity contribution in [3.8, 4) is 0 Å². The van der Waals surface area contributed by atoms with Crippen LogP contribution in [-0.4, -0.2) is 25.8 Å². The fourth-order valence-electron chi connectivity index (χ4n) is 0.998. The minimum absolute atomic E-state index is 0. The molecule has 1 aliphatic rings. The summed E-state index contributed by atoms with van der Waals surface area (Å²) in [6, 6.07) is 0.528. The topological polar surface area (TPSA) is 23.3 Å². The fraction of sp³-hybridized carbons (Fsp3) is 1.00. The predicted octanol–water partition coefficient (Wildman–Crippen LogP) is 1.16. The first-order valence-corrected chi connectivity index (χ1v) is 3.02. The first-order chi connectivity index (χ1) is 3.83. The predicted molar refractivity (Wildman–Crippen MR) is 33.1 cm³/mol. The van der Waals surface area contributed by atoms with E-state index in [9.17, 15) is 0 Å². The molecule has 3 heteroatoms. The summed E-state index contributed by atoms with van der Waals surface area (Å²) in [5.74, 6) is 0. The minimum atomic E-state index is 0. The Morgan fingerprint density at radius 1 is 1.56 bits per heavy atom. The molecule has 1 fully saturated rings. The van der Waals surface area contributed by atoms with Crippen molar-refractivity contribution in [3.05, 3.63) is 5.32 Å². The Morgan fingerprint density at radius 3 is 2.44 bits per heavy atom. The van der Waals surface area contributed by atoms with Gasteiger partial charge in [-0.2, -0.15) is 0 Å². The Labute approximate surface area is 70.6 Å². The molecule has 1 saturated heterocycles. The molecule has 0 aromatic carbocycles. The Balaban J connectivity index is 0.000000640. The van der Waals surface area contributed by atoms with Crippen molar-refractivity contribution in [1.29, 1.82) is 0 Å². The molecule has 9 heavy (non-hydrogen) atoms. The molecule has 1 aliphatic heterocycles. The zero-order valence-corrected chi connectivity index (χ0v) is 8.77. The molecule has 2 atom stereocenters. The summed E-state index contributed by atoms with van der Waals surface area (Å²) in [4.78, 5) is 0. The standard InChI is InChI=1S/C6H12NO.W/c1-5-3-6(8-2)4-7-5;/h5-6H,3-4H2,1-2H3;/q-1;. The van der Waals surface area contributed by atoms with Crippen LogP contribution in [0.15, 0.2) is 0 Å². The molecule has 0 aliphatic carbocycles. The average molecular weight is 298 g/mol. The van der Waals surface area contributed by atoms with Gasteiger partial charge in [-0.25, -0.2) is 0 Å². The maximum absolute atomic E-state index is 5.09. The van der Waals surface area contributed by atoms with Gasteiger partial charge in [0.25, 0.3) is 0 Å². The molecule has 0 N–H and O–H groups in total. The molecular formula is C6H12NOW-. The van der Waals surface area contributed by atoms with Crippen LogP contribution in [0.25, 0.3) is 5.32 Å². The summed E-state index contributed by atoms with van der Waals surface area (Å²) in [5.41, 5.74) is 0. The molecule has 0 aromatic heterocycles. The van der Waals surface area contributed by atoms with E-state index in [-0.39, 0.29) is 21.1 Å². The van der Waals surface area contributed by atoms with Gasteiger partial charge in [-0.1, -0.05) is 6.92 Å².